The molecule has 66 valence electrons. The lowest BCUT2D eigenvalue weighted by Crippen LogP contribution is -1.82. The van der Waals surface area contributed by atoms with Crippen LogP contribution in [0.25, 0.3) is 5.57 Å². The highest BCUT2D eigenvalue weighted by Gasteiger charge is 1.96. The van der Waals surface area contributed by atoms with Gasteiger partial charge < -0.3 is 0 Å². The standard InChI is InChI=1S/C12H13N/c1-11(7-5-6-10-13)12-8-3-2-4-9-12/h2-4,8-9H,1,5-7H2. The highest BCUT2D eigenvalue weighted by Crippen LogP contribution is 2.17. The second kappa shape index (κ2) is 5.16. The summed E-state index contributed by atoms with van der Waals surface area (Å²) < 4.78 is 0. The monoisotopic (exact) mass is 171 g/mol. The van der Waals surface area contributed by atoms with Crippen LogP contribution in [0, 0.1) is 11.3 Å². The van der Waals surface area contributed by atoms with E-state index in [4.69, 9.17) is 5.26 Å². The highest BCUT2D eigenvalue weighted by atomic mass is 14.2. The predicted octanol–water partition coefficient (Wildman–Crippen LogP) is 3.39. The van der Waals surface area contributed by atoms with Gasteiger partial charge in [0.15, 0.2) is 0 Å². The molecule has 0 heterocycles. The SMILES string of the molecule is C=C(CCCC#N)c1ccccc1. The minimum Gasteiger partial charge on any atom is -0.198 e. The number of nitriles is 1. The van der Waals surface area contributed by atoms with E-state index in [9.17, 15) is 0 Å². The van der Waals surface area contributed by atoms with Crippen molar-refractivity contribution < 1.29 is 0 Å². The van der Waals surface area contributed by atoms with Crippen molar-refractivity contribution >= 4 is 5.57 Å². The summed E-state index contributed by atoms with van der Waals surface area (Å²) in [6.07, 6.45) is 2.44. The van der Waals surface area contributed by atoms with Crippen LogP contribution in [0.1, 0.15) is 24.8 Å². The largest absolute Gasteiger partial charge is 0.198 e. The van der Waals surface area contributed by atoms with Gasteiger partial charge in [0.2, 0.25) is 0 Å². The molecule has 0 aliphatic heterocycles. The van der Waals surface area contributed by atoms with Gasteiger partial charge in [-0.25, -0.2) is 0 Å². The van der Waals surface area contributed by atoms with Crippen LogP contribution in [0.4, 0.5) is 0 Å². The molecule has 0 amide bonds. The third kappa shape index (κ3) is 3.13. The van der Waals surface area contributed by atoms with Crippen LogP contribution < -0.4 is 0 Å². The van der Waals surface area contributed by atoms with E-state index in [0.717, 1.165) is 18.4 Å². The molecule has 0 saturated heterocycles. The summed E-state index contributed by atoms with van der Waals surface area (Å²) in [4.78, 5) is 0. The van der Waals surface area contributed by atoms with Crippen molar-refractivity contribution in [3.63, 3.8) is 0 Å². The molecule has 0 aromatic heterocycles. The molecule has 1 rings (SSSR count). The van der Waals surface area contributed by atoms with Gasteiger partial charge in [-0.15, -0.1) is 0 Å². The molecule has 0 saturated carbocycles. The third-order valence-electron chi connectivity index (χ3n) is 1.95. The van der Waals surface area contributed by atoms with Crippen LogP contribution in [-0.2, 0) is 0 Å². The molecule has 1 nitrogen and oxygen atoms in total. The van der Waals surface area contributed by atoms with E-state index in [1.54, 1.807) is 0 Å². The van der Waals surface area contributed by atoms with Crippen LogP contribution in [0.15, 0.2) is 36.9 Å². The average Bonchev–Trinajstić information content (AvgIpc) is 2.19. The summed E-state index contributed by atoms with van der Waals surface area (Å²) in [5.74, 6) is 0. The van der Waals surface area contributed by atoms with Crippen LogP contribution in [0.2, 0.25) is 0 Å². The molecule has 0 spiro atoms. The third-order valence-corrected chi connectivity index (χ3v) is 1.95. The summed E-state index contributed by atoms with van der Waals surface area (Å²) in [6, 6.07) is 12.2. The average molecular weight is 171 g/mol. The highest BCUT2D eigenvalue weighted by molar-refractivity contribution is 5.62. The maximum absolute atomic E-state index is 8.37. The fourth-order valence-electron chi connectivity index (χ4n) is 1.20. The summed E-state index contributed by atoms with van der Waals surface area (Å²) in [6.45, 7) is 3.99. The van der Waals surface area contributed by atoms with Gasteiger partial charge in [0.1, 0.15) is 0 Å². The Morgan fingerprint density at radius 2 is 2.00 bits per heavy atom. The number of benzene rings is 1. The first-order chi connectivity index (χ1) is 6.34. The number of hydrogen-bond acceptors (Lipinski definition) is 1. The van der Waals surface area contributed by atoms with E-state index in [1.165, 1.54) is 5.56 Å². The first-order valence-corrected chi connectivity index (χ1v) is 4.44. The van der Waals surface area contributed by atoms with Gasteiger partial charge in [0.05, 0.1) is 6.07 Å². The van der Waals surface area contributed by atoms with E-state index >= 15 is 0 Å². The molecule has 0 unspecified atom stereocenters. The second-order valence-electron chi connectivity index (χ2n) is 2.98. The molecule has 0 aliphatic carbocycles. The van der Waals surface area contributed by atoms with Crippen LogP contribution in [-0.4, -0.2) is 0 Å². The van der Waals surface area contributed by atoms with Crippen LogP contribution in [0.3, 0.4) is 0 Å². The van der Waals surface area contributed by atoms with Crippen molar-refractivity contribution in [1.82, 2.24) is 0 Å². The van der Waals surface area contributed by atoms with E-state index in [2.05, 4.69) is 24.8 Å². The topological polar surface area (TPSA) is 23.8 Å². The van der Waals surface area contributed by atoms with Crippen molar-refractivity contribution in [3.05, 3.63) is 42.5 Å². The van der Waals surface area contributed by atoms with Crippen LogP contribution >= 0.6 is 0 Å². The summed E-state index contributed by atoms with van der Waals surface area (Å²) in [5, 5.41) is 8.37. The van der Waals surface area contributed by atoms with Crippen LogP contribution in [0.5, 0.6) is 0 Å². The Morgan fingerprint density at radius 1 is 1.31 bits per heavy atom. The number of nitrogens with zero attached hydrogens (tertiary/aromatic N) is 1. The minimum atomic E-state index is 0.617. The zero-order valence-corrected chi connectivity index (χ0v) is 7.66. The Bertz CT molecular complexity index is 306. The van der Waals surface area contributed by atoms with E-state index in [1.807, 2.05) is 18.2 Å². The number of hydrogen-bond donors (Lipinski definition) is 0. The summed E-state index contributed by atoms with van der Waals surface area (Å²) >= 11 is 0. The molecule has 0 atom stereocenters. The number of rotatable bonds is 4. The molecular weight excluding hydrogens is 158 g/mol. The lowest BCUT2D eigenvalue weighted by molar-refractivity contribution is 0.889. The van der Waals surface area contributed by atoms with Gasteiger partial charge in [-0.05, 0) is 24.0 Å². The maximum Gasteiger partial charge on any atom is 0.0621 e. The van der Waals surface area contributed by atoms with E-state index < -0.39 is 0 Å². The van der Waals surface area contributed by atoms with Crippen molar-refractivity contribution in [2.24, 2.45) is 0 Å². The van der Waals surface area contributed by atoms with Crippen molar-refractivity contribution in [1.29, 1.82) is 5.26 Å². The Labute approximate surface area is 79.3 Å². The fourth-order valence-corrected chi connectivity index (χ4v) is 1.20. The first kappa shape index (κ1) is 9.54. The molecule has 1 aromatic rings. The predicted molar refractivity (Wildman–Crippen MR) is 54.9 cm³/mol. The quantitative estimate of drug-likeness (QED) is 0.637. The Morgan fingerprint density at radius 3 is 2.62 bits per heavy atom. The Balaban J connectivity index is 2.46. The van der Waals surface area contributed by atoms with Gasteiger partial charge in [-0.1, -0.05) is 36.9 Å². The van der Waals surface area contributed by atoms with Crippen molar-refractivity contribution in [3.8, 4) is 6.07 Å². The first-order valence-electron chi connectivity index (χ1n) is 4.44. The maximum atomic E-state index is 8.37. The van der Waals surface area contributed by atoms with Crippen molar-refractivity contribution in [2.75, 3.05) is 0 Å². The zero-order chi connectivity index (χ0) is 9.52. The minimum absolute atomic E-state index is 0.617. The van der Waals surface area contributed by atoms with E-state index in [-0.39, 0.29) is 0 Å². The smallest absolute Gasteiger partial charge is 0.0621 e. The van der Waals surface area contributed by atoms with Gasteiger partial charge in [-0.3, -0.25) is 0 Å². The van der Waals surface area contributed by atoms with Gasteiger partial charge in [-0.2, -0.15) is 5.26 Å². The fraction of sp³-hybridized carbons (Fsp3) is 0.250. The lowest BCUT2D eigenvalue weighted by Gasteiger charge is -2.03. The molecule has 1 aromatic carbocycles. The Kier molecular flexibility index (Phi) is 3.78. The van der Waals surface area contributed by atoms with Crippen molar-refractivity contribution in [2.45, 2.75) is 19.3 Å². The number of allylic oxidation sites excluding steroid dienone is 1. The Hall–Kier alpha value is -1.55. The second-order valence-corrected chi connectivity index (χ2v) is 2.98. The lowest BCUT2D eigenvalue weighted by atomic mass is 10.0. The molecule has 0 bridgehead atoms. The van der Waals surface area contributed by atoms with Gasteiger partial charge in [0.25, 0.3) is 0 Å². The van der Waals surface area contributed by atoms with Gasteiger partial charge in [0, 0.05) is 6.42 Å². The number of unbranched alkanes of at least 4 members (excludes halogenated alkanes) is 1. The molecule has 0 radical (unpaired) electrons. The molecular formula is C12H13N. The molecule has 1 heteroatoms. The zero-order valence-electron chi connectivity index (χ0n) is 7.66. The molecule has 0 aliphatic rings. The molecule has 0 fully saturated rings. The summed E-state index contributed by atoms with van der Waals surface area (Å²) in [5.41, 5.74) is 2.30. The normalized spacial score (nSPS) is 9.15. The van der Waals surface area contributed by atoms with Gasteiger partial charge >= 0.3 is 0 Å². The molecule has 13 heavy (non-hydrogen) atoms. The molecule has 0 N–H and O–H groups in total. The summed E-state index contributed by atoms with van der Waals surface area (Å²) in [7, 11) is 0. The van der Waals surface area contributed by atoms with E-state index in [0.29, 0.717) is 6.42 Å².